The normalized spacial score (nSPS) is 19.6. The van der Waals surface area contributed by atoms with E-state index in [1.165, 1.54) is 0 Å². The van der Waals surface area contributed by atoms with Crippen LogP contribution in [0, 0.1) is 5.92 Å². The molecule has 0 spiro atoms. The van der Waals surface area contributed by atoms with Gasteiger partial charge in [0.25, 0.3) is 0 Å². The Morgan fingerprint density at radius 2 is 2.05 bits per heavy atom. The molecule has 0 radical (unpaired) electrons. The van der Waals surface area contributed by atoms with Gasteiger partial charge in [0.15, 0.2) is 0 Å². The average Bonchev–Trinajstić information content (AvgIpc) is 2.36. The number of nitrogens with zero attached hydrogens (tertiary/aromatic N) is 2. The quantitative estimate of drug-likeness (QED) is 0.841. The molecule has 0 aliphatic carbocycles. The van der Waals surface area contributed by atoms with Gasteiger partial charge in [-0.05, 0) is 39.5 Å². The Balaban J connectivity index is 2.47. The van der Waals surface area contributed by atoms with Crippen molar-refractivity contribution in [3.05, 3.63) is 0 Å². The zero-order valence-electron chi connectivity index (χ0n) is 13.0. The fourth-order valence-corrected chi connectivity index (χ4v) is 2.37. The predicted octanol–water partition coefficient (Wildman–Crippen LogP) is 1.05. The Morgan fingerprint density at radius 3 is 2.60 bits per heavy atom. The van der Waals surface area contributed by atoms with E-state index in [0.29, 0.717) is 13.1 Å². The van der Waals surface area contributed by atoms with Crippen molar-refractivity contribution in [1.29, 1.82) is 0 Å². The van der Waals surface area contributed by atoms with Crippen molar-refractivity contribution in [2.75, 3.05) is 33.2 Å². The molecule has 1 saturated heterocycles. The van der Waals surface area contributed by atoms with Gasteiger partial charge in [-0.25, -0.2) is 4.79 Å². The molecule has 0 bridgehead atoms. The van der Waals surface area contributed by atoms with Crippen molar-refractivity contribution in [2.45, 2.75) is 39.2 Å². The summed E-state index contributed by atoms with van der Waals surface area (Å²) in [7, 11) is 1.73. The van der Waals surface area contributed by atoms with Crippen LogP contribution in [-0.4, -0.2) is 60.6 Å². The van der Waals surface area contributed by atoms with Crippen LogP contribution in [-0.2, 0) is 9.53 Å². The third-order valence-corrected chi connectivity index (χ3v) is 3.28. The number of carbonyl (C=O) groups excluding carboxylic acids is 2. The van der Waals surface area contributed by atoms with Crippen molar-refractivity contribution in [1.82, 2.24) is 9.80 Å². The molecule has 0 saturated carbocycles. The predicted molar refractivity (Wildman–Crippen MR) is 77.2 cm³/mol. The SMILES string of the molecule is CN(C[C@@H]1CCCN(C(=O)CN)C1)C(=O)OC(C)(C)C. The molecule has 1 fully saturated rings. The molecule has 6 nitrogen and oxygen atoms in total. The average molecular weight is 285 g/mol. The van der Waals surface area contributed by atoms with Gasteiger partial charge in [0.05, 0.1) is 6.54 Å². The monoisotopic (exact) mass is 285 g/mol. The van der Waals surface area contributed by atoms with E-state index in [9.17, 15) is 9.59 Å². The first-order chi connectivity index (χ1) is 9.23. The summed E-state index contributed by atoms with van der Waals surface area (Å²) in [6, 6.07) is 0. The van der Waals surface area contributed by atoms with Crippen molar-refractivity contribution in [3.63, 3.8) is 0 Å². The molecule has 1 aliphatic heterocycles. The second kappa shape index (κ2) is 6.92. The lowest BCUT2D eigenvalue weighted by molar-refractivity contribution is -0.131. The van der Waals surface area contributed by atoms with Gasteiger partial charge in [0.2, 0.25) is 5.91 Å². The van der Waals surface area contributed by atoms with Crippen LogP contribution in [0.15, 0.2) is 0 Å². The van der Waals surface area contributed by atoms with E-state index >= 15 is 0 Å². The minimum absolute atomic E-state index is 0.0189. The first-order valence-corrected chi connectivity index (χ1v) is 7.15. The molecule has 2 N–H and O–H groups in total. The molecular formula is C14H27N3O3. The summed E-state index contributed by atoms with van der Waals surface area (Å²) in [4.78, 5) is 26.9. The summed E-state index contributed by atoms with van der Waals surface area (Å²) in [6.07, 6.45) is 1.65. The Bertz CT molecular complexity index is 352. The lowest BCUT2D eigenvalue weighted by Gasteiger charge is -2.35. The summed E-state index contributed by atoms with van der Waals surface area (Å²) in [5.74, 6) is 0.270. The second-order valence-corrected chi connectivity index (χ2v) is 6.41. The maximum atomic E-state index is 11.9. The van der Waals surface area contributed by atoms with E-state index < -0.39 is 5.60 Å². The van der Waals surface area contributed by atoms with E-state index in [4.69, 9.17) is 10.5 Å². The summed E-state index contributed by atoms with van der Waals surface area (Å²) in [5.41, 5.74) is 4.90. The number of likely N-dealkylation sites (tertiary alicyclic amines) is 1. The molecule has 0 aromatic heterocycles. The third-order valence-electron chi connectivity index (χ3n) is 3.28. The highest BCUT2D eigenvalue weighted by Crippen LogP contribution is 2.18. The molecule has 116 valence electrons. The number of amides is 2. The van der Waals surface area contributed by atoms with Crippen LogP contribution in [0.3, 0.4) is 0 Å². The number of nitrogens with two attached hydrogens (primary N) is 1. The van der Waals surface area contributed by atoms with Crippen LogP contribution in [0.25, 0.3) is 0 Å². The maximum Gasteiger partial charge on any atom is 0.410 e. The van der Waals surface area contributed by atoms with Crippen LogP contribution in [0.5, 0.6) is 0 Å². The van der Waals surface area contributed by atoms with Gasteiger partial charge in [-0.3, -0.25) is 4.79 Å². The highest BCUT2D eigenvalue weighted by molar-refractivity contribution is 5.78. The molecule has 1 heterocycles. The van der Waals surface area contributed by atoms with Crippen molar-refractivity contribution in [2.24, 2.45) is 11.7 Å². The zero-order chi connectivity index (χ0) is 15.3. The summed E-state index contributed by atoms with van der Waals surface area (Å²) in [5, 5.41) is 0. The summed E-state index contributed by atoms with van der Waals surface area (Å²) >= 11 is 0. The molecule has 0 unspecified atom stereocenters. The number of piperidine rings is 1. The third kappa shape index (κ3) is 5.36. The van der Waals surface area contributed by atoms with Gasteiger partial charge in [-0.15, -0.1) is 0 Å². The Kier molecular flexibility index (Phi) is 5.80. The van der Waals surface area contributed by atoms with E-state index in [2.05, 4.69) is 0 Å². The van der Waals surface area contributed by atoms with Crippen LogP contribution < -0.4 is 5.73 Å². The minimum atomic E-state index is -0.487. The molecule has 2 amide bonds. The largest absolute Gasteiger partial charge is 0.444 e. The number of hydrogen-bond acceptors (Lipinski definition) is 4. The lowest BCUT2D eigenvalue weighted by Crippen LogP contribution is -2.46. The number of rotatable bonds is 3. The van der Waals surface area contributed by atoms with E-state index in [-0.39, 0.29) is 24.5 Å². The smallest absolute Gasteiger partial charge is 0.410 e. The molecule has 20 heavy (non-hydrogen) atoms. The van der Waals surface area contributed by atoms with Crippen LogP contribution in [0.1, 0.15) is 33.6 Å². The Hall–Kier alpha value is -1.30. The first-order valence-electron chi connectivity index (χ1n) is 7.15. The van der Waals surface area contributed by atoms with Gasteiger partial charge in [-0.1, -0.05) is 0 Å². The van der Waals surface area contributed by atoms with Gasteiger partial charge in [0.1, 0.15) is 5.60 Å². The number of hydrogen-bond donors (Lipinski definition) is 1. The Morgan fingerprint density at radius 1 is 1.40 bits per heavy atom. The zero-order valence-corrected chi connectivity index (χ0v) is 13.0. The topological polar surface area (TPSA) is 75.9 Å². The highest BCUT2D eigenvalue weighted by Gasteiger charge is 2.26. The van der Waals surface area contributed by atoms with Crippen molar-refractivity contribution in [3.8, 4) is 0 Å². The van der Waals surface area contributed by atoms with Crippen LogP contribution in [0.4, 0.5) is 4.79 Å². The summed E-state index contributed by atoms with van der Waals surface area (Å²) in [6.45, 7) is 7.63. The number of ether oxygens (including phenoxy) is 1. The molecular weight excluding hydrogens is 258 g/mol. The number of carbonyl (C=O) groups is 2. The maximum absolute atomic E-state index is 11.9. The van der Waals surface area contributed by atoms with Gasteiger partial charge < -0.3 is 20.3 Å². The molecule has 1 rings (SSSR count). The summed E-state index contributed by atoms with van der Waals surface area (Å²) < 4.78 is 5.32. The molecule has 1 aliphatic rings. The van der Waals surface area contributed by atoms with E-state index in [1.54, 1.807) is 16.8 Å². The molecule has 6 heteroatoms. The fourth-order valence-electron chi connectivity index (χ4n) is 2.37. The fraction of sp³-hybridized carbons (Fsp3) is 0.857. The molecule has 1 atom stereocenters. The van der Waals surface area contributed by atoms with Crippen molar-refractivity contribution >= 4 is 12.0 Å². The van der Waals surface area contributed by atoms with Crippen LogP contribution >= 0.6 is 0 Å². The van der Waals surface area contributed by atoms with Gasteiger partial charge in [0, 0.05) is 26.7 Å². The minimum Gasteiger partial charge on any atom is -0.444 e. The molecule has 0 aromatic carbocycles. The van der Waals surface area contributed by atoms with E-state index in [1.807, 2.05) is 20.8 Å². The van der Waals surface area contributed by atoms with Gasteiger partial charge in [-0.2, -0.15) is 0 Å². The lowest BCUT2D eigenvalue weighted by atomic mass is 9.97. The van der Waals surface area contributed by atoms with Crippen LogP contribution in [0.2, 0.25) is 0 Å². The Labute approximate surface area is 121 Å². The standard InChI is InChI=1S/C14H27N3O3/c1-14(2,3)20-13(19)16(4)9-11-6-5-7-17(10-11)12(18)8-15/h11H,5-10,15H2,1-4H3/t11-/m0/s1. The van der Waals surface area contributed by atoms with Gasteiger partial charge >= 0.3 is 6.09 Å². The molecule has 0 aromatic rings. The van der Waals surface area contributed by atoms with Crippen molar-refractivity contribution < 1.29 is 14.3 Å². The second-order valence-electron chi connectivity index (χ2n) is 6.41. The highest BCUT2D eigenvalue weighted by atomic mass is 16.6. The first kappa shape index (κ1) is 16.8. The van der Waals surface area contributed by atoms with E-state index in [0.717, 1.165) is 19.4 Å².